The number of hydrogen-bond acceptors (Lipinski definition) is 4. The Bertz CT molecular complexity index is 297. The first-order valence-electron chi connectivity index (χ1n) is 4.92. The Morgan fingerprint density at radius 1 is 1.40 bits per heavy atom. The number of carbonyl (C=O) groups excluding carboxylic acids is 1. The van der Waals surface area contributed by atoms with Crippen molar-refractivity contribution >= 4 is 16.0 Å². The number of methoxy groups -OCH3 is 1. The van der Waals surface area contributed by atoms with Crippen LogP contribution in [-0.2, 0) is 19.6 Å². The number of nitrogens with zero attached hydrogens (tertiary/aromatic N) is 1. The van der Waals surface area contributed by atoms with Crippen LogP contribution < -0.4 is 0 Å². The third-order valence-electron chi connectivity index (χ3n) is 1.96. The molecule has 0 radical (unpaired) electrons. The second-order valence-corrected chi connectivity index (χ2v) is 5.99. The molecule has 6 heteroatoms. The summed E-state index contributed by atoms with van der Waals surface area (Å²) in [7, 11) is -2.13. The molecule has 0 heterocycles. The zero-order valence-corrected chi connectivity index (χ0v) is 10.5. The van der Waals surface area contributed by atoms with E-state index in [4.69, 9.17) is 0 Å². The fourth-order valence-corrected chi connectivity index (χ4v) is 2.37. The molecule has 0 aromatic heterocycles. The van der Waals surface area contributed by atoms with Gasteiger partial charge < -0.3 is 4.74 Å². The molecule has 0 unspecified atom stereocenters. The van der Waals surface area contributed by atoms with Crippen molar-refractivity contribution in [2.45, 2.75) is 32.4 Å². The van der Waals surface area contributed by atoms with E-state index in [1.807, 2.05) is 6.92 Å². The van der Waals surface area contributed by atoms with Crippen LogP contribution in [0.2, 0.25) is 0 Å². The van der Waals surface area contributed by atoms with E-state index in [0.717, 1.165) is 0 Å². The summed E-state index contributed by atoms with van der Waals surface area (Å²) in [6.07, 6.45) is 0.670. The molecule has 0 aromatic rings. The first kappa shape index (κ1) is 14.4. The Morgan fingerprint density at radius 2 is 1.93 bits per heavy atom. The summed E-state index contributed by atoms with van der Waals surface area (Å²) in [5, 5.41) is -0.520. The third-order valence-corrected chi connectivity index (χ3v) is 4.18. The van der Waals surface area contributed by atoms with Gasteiger partial charge in [0.15, 0.2) is 0 Å². The van der Waals surface area contributed by atoms with Crippen LogP contribution in [0.1, 0.15) is 27.2 Å². The number of ether oxygens (including phenoxy) is 1. The van der Waals surface area contributed by atoms with Crippen molar-refractivity contribution in [3.05, 3.63) is 0 Å². The molecular formula is C9H19NO4S. The van der Waals surface area contributed by atoms with Crippen LogP contribution in [0.3, 0.4) is 0 Å². The average Bonchev–Trinajstić information content (AvgIpc) is 2.16. The van der Waals surface area contributed by atoms with Crippen molar-refractivity contribution in [2.75, 3.05) is 20.2 Å². The normalized spacial score (nSPS) is 12.1. The van der Waals surface area contributed by atoms with Gasteiger partial charge in [-0.25, -0.2) is 8.42 Å². The Hall–Kier alpha value is -0.620. The van der Waals surface area contributed by atoms with E-state index in [1.165, 1.54) is 11.4 Å². The SMILES string of the molecule is CCCN(CC(=O)OC)S(=O)(=O)C(C)C. The van der Waals surface area contributed by atoms with Gasteiger partial charge in [-0.3, -0.25) is 4.79 Å². The van der Waals surface area contributed by atoms with Crippen molar-refractivity contribution < 1.29 is 17.9 Å². The molecule has 15 heavy (non-hydrogen) atoms. The monoisotopic (exact) mass is 237 g/mol. The molecule has 0 amide bonds. The van der Waals surface area contributed by atoms with E-state index in [1.54, 1.807) is 13.8 Å². The first-order valence-corrected chi connectivity index (χ1v) is 6.42. The zero-order valence-electron chi connectivity index (χ0n) is 9.69. The van der Waals surface area contributed by atoms with Crippen LogP contribution in [0, 0.1) is 0 Å². The van der Waals surface area contributed by atoms with E-state index < -0.39 is 21.2 Å². The predicted octanol–water partition coefficient (Wildman–Crippen LogP) is 0.610. The van der Waals surface area contributed by atoms with E-state index >= 15 is 0 Å². The van der Waals surface area contributed by atoms with Crippen LogP contribution in [-0.4, -0.2) is 44.1 Å². The summed E-state index contributed by atoms with van der Waals surface area (Å²) >= 11 is 0. The lowest BCUT2D eigenvalue weighted by atomic mass is 10.5. The Balaban J connectivity index is 4.74. The van der Waals surface area contributed by atoms with Gasteiger partial charge in [0, 0.05) is 6.54 Å². The maximum atomic E-state index is 11.8. The molecular weight excluding hydrogens is 218 g/mol. The predicted molar refractivity (Wildman–Crippen MR) is 57.9 cm³/mol. The lowest BCUT2D eigenvalue weighted by molar-refractivity contribution is -0.140. The van der Waals surface area contributed by atoms with Gasteiger partial charge in [-0.15, -0.1) is 0 Å². The number of carbonyl (C=O) groups is 1. The minimum atomic E-state index is -3.37. The molecule has 0 atom stereocenters. The quantitative estimate of drug-likeness (QED) is 0.635. The molecule has 0 fully saturated rings. The van der Waals surface area contributed by atoms with Gasteiger partial charge in [0.2, 0.25) is 10.0 Å². The van der Waals surface area contributed by atoms with Gasteiger partial charge in [-0.05, 0) is 20.3 Å². The number of rotatable bonds is 6. The van der Waals surface area contributed by atoms with Crippen molar-refractivity contribution in [1.82, 2.24) is 4.31 Å². The van der Waals surface area contributed by atoms with Crippen LogP contribution >= 0.6 is 0 Å². The summed E-state index contributed by atoms with van der Waals surface area (Å²) in [6.45, 7) is 5.19. The van der Waals surface area contributed by atoms with Crippen LogP contribution in [0.4, 0.5) is 0 Å². The maximum absolute atomic E-state index is 11.8. The van der Waals surface area contributed by atoms with Gasteiger partial charge >= 0.3 is 5.97 Å². The van der Waals surface area contributed by atoms with Gasteiger partial charge in [0.1, 0.15) is 6.54 Å². The smallest absolute Gasteiger partial charge is 0.321 e. The standard InChI is InChI=1S/C9H19NO4S/c1-5-6-10(7-9(11)14-4)15(12,13)8(2)3/h8H,5-7H2,1-4H3. The molecule has 0 aliphatic rings. The number of sulfonamides is 1. The van der Waals surface area contributed by atoms with Crippen LogP contribution in [0.5, 0.6) is 0 Å². The minimum Gasteiger partial charge on any atom is -0.468 e. The molecule has 0 N–H and O–H groups in total. The van der Waals surface area contributed by atoms with Crippen molar-refractivity contribution in [3.8, 4) is 0 Å². The highest BCUT2D eigenvalue weighted by Crippen LogP contribution is 2.09. The summed E-state index contributed by atoms with van der Waals surface area (Å²) in [6, 6.07) is 0. The summed E-state index contributed by atoms with van der Waals surface area (Å²) in [5.41, 5.74) is 0. The second kappa shape index (κ2) is 6.07. The minimum absolute atomic E-state index is 0.204. The third kappa shape index (κ3) is 4.17. The molecule has 0 saturated heterocycles. The molecule has 90 valence electrons. The van der Waals surface area contributed by atoms with Crippen molar-refractivity contribution in [1.29, 1.82) is 0 Å². The molecule has 5 nitrogen and oxygen atoms in total. The van der Waals surface area contributed by atoms with E-state index in [0.29, 0.717) is 13.0 Å². The molecule has 0 aliphatic carbocycles. The second-order valence-electron chi connectivity index (χ2n) is 3.50. The highest BCUT2D eigenvalue weighted by atomic mass is 32.2. The van der Waals surface area contributed by atoms with E-state index in [9.17, 15) is 13.2 Å². The molecule has 0 saturated carbocycles. The Kier molecular flexibility index (Phi) is 5.82. The summed E-state index contributed by atoms with van der Waals surface area (Å²) in [5.74, 6) is -0.535. The van der Waals surface area contributed by atoms with Crippen LogP contribution in [0.15, 0.2) is 0 Å². The molecule has 0 aromatic carbocycles. The average molecular weight is 237 g/mol. The van der Waals surface area contributed by atoms with Crippen LogP contribution in [0.25, 0.3) is 0 Å². The molecule has 0 rings (SSSR count). The van der Waals surface area contributed by atoms with Gasteiger partial charge in [0.25, 0.3) is 0 Å². The lowest BCUT2D eigenvalue weighted by Crippen LogP contribution is -2.40. The first-order chi connectivity index (χ1) is 6.86. The number of esters is 1. The summed E-state index contributed by atoms with van der Waals surface area (Å²) < 4.78 is 29.2. The largest absolute Gasteiger partial charge is 0.468 e. The van der Waals surface area contributed by atoms with E-state index in [-0.39, 0.29) is 6.54 Å². The molecule has 0 aliphatic heterocycles. The topological polar surface area (TPSA) is 63.7 Å². The fraction of sp³-hybridized carbons (Fsp3) is 0.889. The zero-order chi connectivity index (χ0) is 12.1. The van der Waals surface area contributed by atoms with Gasteiger partial charge in [-0.2, -0.15) is 4.31 Å². The summed E-state index contributed by atoms with van der Waals surface area (Å²) in [4.78, 5) is 11.0. The molecule has 0 bridgehead atoms. The van der Waals surface area contributed by atoms with E-state index in [2.05, 4.69) is 4.74 Å². The van der Waals surface area contributed by atoms with Crippen molar-refractivity contribution in [2.24, 2.45) is 0 Å². The highest BCUT2D eigenvalue weighted by Gasteiger charge is 2.27. The number of hydrogen-bond donors (Lipinski definition) is 0. The fourth-order valence-electron chi connectivity index (χ4n) is 1.05. The Morgan fingerprint density at radius 3 is 2.27 bits per heavy atom. The van der Waals surface area contributed by atoms with Crippen molar-refractivity contribution in [3.63, 3.8) is 0 Å². The maximum Gasteiger partial charge on any atom is 0.321 e. The Labute approximate surface area is 91.5 Å². The highest BCUT2D eigenvalue weighted by molar-refractivity contribution is 7.89. The lowest BCUT2D eigenvalue weighted by Gasteiger charge is -2.22. The molecule has 0 spiro atoms. The van der Waals surface area contributed by atoms with Gasteiger partial charge in [0.05, 0.1) is 12.4 Å². The van der Waals surface area contributed by atoms with Gasteiger partial charge in [-0.1, -0.05) is 6.92 Å².